The van der Waals surface area contributed by atoms with Crippen LogP contribution in [0.1, 0.15) is 32.6 Å². The normalized spacial score (nSPS) is 18.7. The molecule has 0 aliphatic heterocycles. The van der Waals surface area contributed by atoms with Crippen LogP contribution in [0, 0.1) is 0 Å². The van der Waals surface area contributed by atoms with E-state index in [1.165, 1.54) is 24.8 Å². The molecule has 82 valence electrons. The highest BCUT2D eigenvalue weighted by molar-refractivity contribution is 6.25. The quantitative estimate of drug-likeness (QED) is 0.637. The molecular weight excluding hydrogens is 217 g/mol. The van der Waals surface area contributed by atoms with Crippen LogP contribution in [-0.4, -0.2) is 29.9 Å². The zero-order valence-corrected chi connectivity index (χ0v) is 10.3. The molecule has 1 fully saturated rings. The first-order chi connectivity index (χ1) is 6.77. The Bertz CT molecular complexity index is 188. The van der Waals surface area contributed by atoms with Crippen LogP contribution in [0.2, 0.25) is 0 Å². The summed E-state index contributed by atoms with van der Waals surface area (Å²) in [6, 6.07) is 0.782. The van der Waals surface area contributed by atoms with E-state index in [-0.39, 0.29) is 0 Å². The van der Waals surface area contributed by atoms with E-state index in [0.717, 1.165) is 31.4 Å². The van der Waals surface area contributed by atoms with Gasteiger partial charge in [-0.2, -0.15) is 0 Å². The molecule has 0 N–H and O–H groups in total. The van der Waals surface area contributed by atoms with E-state index >= 15 is 0 Å². The zero-order chi connectivity index (χ0) is 10.4. The topological polar surface area (TPSA) is 3.24 Å². The van der Waals surface area contributed by atoms with Crippen molar-refractivity contribution in [3.8, 4) is 0 Å². The maximum atomic E-state index is 5.71. The fraction of sp³-hybridized carbons (Fsp3) is 0.818. The number of hydrogen-bond donors (Lipinski definition) is 0. The third-order valence-corrected chi connectivity index (χ3v) is 3.45. The van der Waals surface area contributed by atoms with Crippen LogP contribution < -0.4 is 0 Å². The van der Waals surface area contributed by atoms with Crippen molar-refractivity contribution in [3.63, 3.8) is 0 Å². The van der Waals surface area contributed by atoms with E-state index in [1.54, 1.807) is 5.54 Å². The molecule has 0 heterocycles. The minimum absolute atomic E-state index is 0.757. The summed E-state index contributed by atoms with van der Waals surface area (Å²) in [4.78, 5) is 2.51. The molecule has 1 nitrogen and oxygen atoms in total. The molecule has 0 amide bonds. The van der Waals surface area contributed by atoms with Gasteiger partial charge in [-0.3, -0.25) is 4.90 Å². The van der Waals surface area contributed by atoms with Crippen molar-refractivity contribution in [1.29, 1.82) is 0 Å². The molecule has 14 heavy (non-hydrogen) atoms. The van der Waals surface area contributed by atoms with Crippen molar-refractivity contribution >= 4 is 23.2 Å². The van der Waals surface area contributed by atoms with Crippen LogP contribution >= 0.6 is 23.2 Å². The van der Waals surface area contributed by atoms with E-state index in [9.17, 15) is 0 Å². The molecule has 3 heteroatoms. The monoisotopic (exact) mass is 235 g/mol. The second kappa shape index (κ2) is 6.71. The molecular formula is C11H19Cl2N. The van der Waals surface area contributed by atoms with E-state index in [4.69, 9.17) is 23.2 Å². The lowest BCUT2D eigenvalue weighted by Crippen LogP contribution is -2.41. The van der Waals surface area contributed by atoms with E-state index in [0.29, 0.717) is 0 Å². The van der Waals surface area contributed by atoms with Crippen molar-refractivity contribution < 1.29 is 0 Å². The molecule has 0 spiro atoms. The van der Waals surface area contributed by atoms with Crippen LogP contribution in [0.4, 0.5) is 0 Å². The average molecular weight is 236 g/mol. The summed E-state index contributed by atoms with van der Waals surface area (Å²) in [6.45, 7) is 4.20. The molecule has 0 unspecified atom stereocenters. The molecule has 1 aliphatic carbocycles. The van der Waals surface area contributed by atoms with Crippen molar-refractivity contribution in [1.82, 2.24) is 4.90 Å². The Morgan fingerprint density at radius 2 is 2.21 bits per heavy atom. The Hall–Kier alpha value is 0.280. The molecule has 0 aromatic rings. The summed E-state index contributed by atoms with van der Waals surface area (Å²) in [5, 5.41) is 0. The van der Waals surface area contributed by atoms with Gasteiger partial charge in [0.2, 0.25) is 0 Å². The Morgan fingerprint density at radius 1 is 1.50 bits per heavy atom. The van der Waals surface area contributed by atoms with Crippen LogP contribution in [0.5, 0.6) is 0 Å². The molecule has 0 radical (unpaired) electrons. The molecule has 0 bridgehead atoms. The van der Waals surface area contributed by atoms with Gasteiger partial charge in [0.05, 0.1) is 0 Å². The number of alkyl halides is 1. The lowest BCUT2D eigenvalue weighted by molar-refractivity contribution is 0.139. The highest BCUT2D eigenvalue weighted by Crippen LogP contribution is 2.25. The van der Waals surface area contributed by atoms with Gasteiger partial charge in [-0.1, -0.05) is 18.0 Å². The highest BCUT2D eigenvalue weighted by Gasteiger charge is 2.24. The summed E-state index contributed by atoms with van der Waals surface area (Å²) in [5.41, 5.74) is 2.93. The smallest absolute Gasteiger partial charge is 0.0235 e. The van der Waals surface area contributed by atoms with Crippen molar-refractivity contribution in [3.05, 3.63) is 11.1 Å². The van der Waals surface area contributed by atoms with Crippen LogP contribution in [0.25, 0.3) is 0 Å². The lowest BCUT2D eigenvalue weighted by Gasteiger charge is -2.37. The summed E-state index contributed by atoms with van der Waals surface area (Å²) in [6.07, 6.45) is 5.15. The molecule has 1 rings (SSSR count). The molecule has 0 aromatic carbocycles. The summed E-state index contributed by atoms with van der Waals surface area (Å²) < 4.78 is 0. The van der Waals surface area contributed by atoms with Gasteiger partial charge >= 0.3 is 0 Å². The van der Waals surface area contributed by atoms with Crippen molar-refractivity contribution in [2.45, 2.75) is 38.6 Å². The van der Waals surface area contributed by atoms with Gasteiger partial charge in [0.15, 0.2) is 0 Å². The minimum atomic E-state index is 0.757. The summed E-state index contributed by atoms with van der Waals surface area (Å²) >= 11 is 11.4. The molecule has 1 saturated carbocycles. The number of halogens is 2. The summed E-state index contributed by atoms with van der Waals surface area (Å²) in [7, 11) is 0. The number of rotatable bonds is 6. The van der Waals surface area contributed by atoms with Gasteiger partial charge in [-0.05, 0) is 38.3 Å². The Balaban J connectivity index is 2.35. The van der Waals surface area contributed by atoms with Crippen LogP contribution in [-0.2, 0) is 0 Å². The van der Waals surface area contributed by atoms with Crippen molar-refractivity contribution in [2.24, 2.45) is 0 Å². The first-order valence-corrected chi connectivity index (χ1v) is 6.31. The maximum Gasteiger partial charge on any atom is 0.0235 e. The van der Waals surface area contributed by atoms with Gasteiger partial charge in [0.1, 0.15) is 0 Å². The van der Waals surface area contributed by atoms with E-state index < -0.39 is 0 Å². The highest BCUT2D eigenvalue weighted by atomic mass is 35.5. The SMILES string of the molecule is CC(=CCl)CN(CCCCl)C1CCC1. The van der Waals surface area contributed by atoms with E-state index in [1.807, 2.05) is 0 Å². The van der Waals surface area contributed by atoms with Gasteiger partial charge in [0.25, 0.3) is 0 Å². The third-order valence-electron chi connectivity index (χ3n) is 2.81. The van der Waals surface area contributed by atoms with Gasteiger partial charge in [0, 0.05) is 24.0 Å². The Morgan fingerprint density at radius 3 is 2.64 bits per heavy atom. The van der Waals surface area contributed by atoms with Gasteiger partial charge in [-0.25, -0.2) is 0 Å². The predicted molar refractivity (Wildman–Crippen MR) is 64.2 cm³/mol. The Labute approximate surface area is 97.1 Å². The second-order valence-corrected chi connectivity index (χ2v) is 4.65. The zero-order valence-electron chi connectivity index (χ0n) is 8.81. The predicted octanol–water partition coefficient (Wildman–Crippen LogP) is 3.61. The summed E-state index contributed by atoms with van der Waals surface area (Å²) in [5.74, 6) is 0.757. The first-order valence-electron chi connectivity index (χ1n) is 5.33. The first kappa shape index (κ1) is 12.4. The average Bonchev–Trinajstić information content (AvgIpc) is 2.11. The fourth-order valence-electron chi connectivity index (χ4n) is 1.76. The molecule has 0 saturated heterocycles. The molecule has 0 atom stereocenters. The van der Waals surface area contributed by atoms with E-state index in [2.05, 4.69) is 11.8 Å². The molecule has 0 aromatic heterocycles. The van der Waals surface area contributed by atoms with Crippen LogP contribution in [0.3, 0.4) is 0 Å². The standard InChI is InChI=1S/C11H19Cl2N/c1-10(8-13)9-14(7-3-6-12)11-4-2-5-11/h8,11H,2-7,9H2,1H3. The maximum absolute atomic E-state index is 5.71. The Kier molecular flexibility index (Phi) is 5.92. The molecule has 1 aliphatic rings. The largest absolute Gasteiger partial charge is 0.296 e. The van der Waals surface area contributed by atoms with Crippen molar-refractivity contribution in [2.75, 3.05) is 19.0 Å². The fourth-order valence-corrected chi connectivity index (χ4v) is 1.95. The van der Waals surface area contributed by atoms with Gasteiger partial charge in [-0.15, -0.1) is 11.6 Å². The third kappa shape index (κ3) is 3.80. The second-order valence-electron chi connectivity index (χ2n) is 4.05. The lowest BCUT2D eigenvalue weighted by atomic mass is 9.91. The van der Waals surface area contributed by atoms with Gasteiger partial charge < -0.3 is 0 Å². The minimum Gasteiger partial charge on any atom is -0.296 e. The number of nitrogens with zero attached hydrogens (tertiary/aromatic N) is 1. The number of hydrogen-bond acceptors (Lipinski definition) is 1. The van der Waals surface area contributed by atoms with Crippen LogP contribution in [0.15, 0.2) is 11.1 Å².